The minimum absolute atomic E-state index is 0.0436. The monoisotopic (exact) mass is 366 g/mol. The molecular formula is C17H19ClN2O5. The van der Waals surface area contributed by atoms with Crippen molar-refractivity contribution in [2.45, 2.75) is 11.9 Å². The number of carbonyl (C=O) groups excluding carboxylic acids is 2. The second-order valence-corrected chi connectivity index (χ2v) is 5.58. The SMILES string of the molecule is COCCN(Cc1nc(C(=O)OC)co1)C(=O)[C@H](Cl)c1ccccc1. The third kappa shape index (κ3) is 5.04. The van der Waals surface area contributed by atoms with E-state index in [0.29, 0.717) is 18.7 Å². The number of aromatic nitrogens is 1. The summed E-state index contributed by atoms with van der Waals surface area (Å²) in [6, 6.07) is 9.04. The molecule has 0 saturated carbocycles. The zero-order valence-electron chi connectivity index (χ0n) is 14.0. The van der Waals surface area contributed by atoms with Gasteiger partial charge in [0.15, 0.2) is 5.69 Å². The minimum Gasteiger partial charge on any atom is -0.464 e. The van der Waals surface area contributed by atoms with Crippen molar-refractivity contribution >= 4 is 23.5 Å². The summed E-state index contributed by atoms with van der Waals surface area (Å²) in [5, 5.41) is -0.840. The van der Waals surface area contributed by atoms with Gasteiger partial charge in [0.05, 0.1) is 20.3 Å². The summed E-state index contributed by atoms with van der Waals surface area (Å²) in [5.74, 6) is -0.700. The van der Waals surface area contributed by atoms with E-state index < -0.39 is 11.3 Å². The molecule has 0 unspecified atom stereocenters. The maximum atomic E-state index is 12.7. The highest BCUT2D eigenvalue weighted by atomic mass is 35.5. The van der Waals surface area contributed by atoms with Crippen LogP contribution in [-0.4, -0.2) is 49.1 Å². The van der Waals surface area contributed by atoms with E-state index in [1.165, 1.54) is 18.3 Å². The second kappa shape index (κ2) is 9.19. The molecule has 25 heavy (non-hydrogen) atoms. The first-order chi connectivity index (χ1) is 12.1. The largest absolute Gasteiger partial charge is 0.464 e. The van der Waals surface area contributed by atoms with Gasteiger partial charge < -0.3 is 18.8 Å². The fraction of sp³-hybridized carbons (Fsp3) is 0.353. The van der Waals surface area contributed by atoms with Crippen LogP contribution in [0.2, 0.25) is 0 Å². The first kappa shape index (κ1) is 19.0. The van der Waals surface area contributed by atoms with Crippen molar-refractivity contribution in [3.63, 3.8) is 0 Å². The quantitative estimate of drug-likeness (QED) is 0.527. The number of alkyl halides is 1. The molecule has 0 aliphatic rings. The van der Waals surface area contributed by atoms with Crippen molar-refractivity contribution in [2.24, 2.45) is 0 Å². The van der Waals surface area contributed by atoms with Crippen molar-refractivity contribution in [2.75, 3.05) is 27.4 Å². The summed E-state index contributed by atoms with van der Waals surface area (Å²) in [6.45, 7) is 0.700. The van der Waals surface area contributed by atoms with Crippen LogP contribution >= 0.6 is 11.6 Å². The Hall–Kier alpha value is -2.38. The molecule has 1 amide bonds. The smallest absolute Gasteiger partial charge is 0.360 e. The number of methoxy groups -OCH3 is 2. The number of halogens is 1. The Balaban J connectivity index is 2.13. The number of hydrogen-bond donors (Lipinski definition) is 0. The van der Waals surface area contributed by atoms with E-state index in [1.54, 1.807) is 19.2 Å². The highest BCUT2D eigenvalue weighted by molar-refractivity contribution is 6.30. The summed E-state index contributed by atoms with van der Waals surface area (Å²) in [4.78, 5) is 29.7. The lowest BCUT2D eigenvalue weighted by Gasteiger charge is -2.23. The number of rotatable bonds is 8. The molecule has 0 saturated heterocycles. The number of benzene rings is 1. The third-order valence-electron chi connectivity index (χ3n) is 3.46. The molecule has 1 heterocycles. The molecule has 0 bridgehead atoms. The van der Waals surface area contributed by atoms with Crippen LogP contribution in [0.15, 0.2) is 41.0 Å². The number of nitrogens with zero attached hydrogens (tertiary/aromatic N) is 2. The molecule has 0 radical (unpaired) electrons. The van der Waals surface area contributed by atoms with Gasteiger partial charge in [-0.15, -0.1) is 11.6 Å². The average Bonchev–Trinajstić information content (AvgIpc) is 3.12. The van der Waals surface area contributed by atoms with Gasteiger partial charge in [-0.05, 0) is 5.56 Å². The van der Waals surface area contributed by atoms with Gasteiger partial charge in [0.1, 0.15) is 11.6 Å². The molecule has 0 aliphatic carbocycles. The fourth-order valence-electron chi connectivity index (χ4n) is 2.14. The Labute approximate surface area is 150 Å². The zero-order chi connectivity index (χ0) is 18.2. The first-order valence-corrected chi connectivity index (χ1v) is 8.00. The zero-order valence-corrected chi connectivity index (χ0v) is 14.7. The predicted molar refractivity (Wildman–Crippen MR) is 90.2 cm³/mol. The van der Waals surface area contributed by atoms with Crippen LogP contribution in [0.5, 0.6) is 0 Å². The van der Waals surface area contributed by atoms with Gasteiger partial charge in [0.25, 0.3) is 0 Å². The Morgan fingerprint density at radius 2 is 2.00 bits per heavy atom. The van der Waals surface area contributed by atoms with Gasteiger partial charge in [-0.1, -0.05) is 30.3 Å². The Bertz CT molecular complexity index is 704. The lowest BCUT2D eigenvalue weighted by molar-refractivity contribution is -0.132. The molecule has 7 nitrogen and oxygen atoms in total. The van der Waals surface area contributed by atoms with E-state index in [-0.39, 0.29) is 24.0 Å². The highest BCUT2D eigenvalue weighted by Crippen LogP contribution is 2.23. The van der Waals surface area contributed by atoms with Crippen LogP contribution in [0.4, 0.5) is 0 Å². The Kier molecular flexibility index (Phi) is 6.97. The Morgan fingerprint density at radius 3 is 2.64 bits per heavy atom. The van der Waals surface area contributed by atoms with Gasteiger partial charge in [-0.3, -0.25) is 4.79 Å². The number of hydrogen-bond acceptors (Lipinski definition) is 6. The third-order valence-corrected chi connectivity index (χ3v) is 3.90. The van der Waals surface area contributed by atoms with Crippen molar-refractivity contribution in [3.05, 3.63) is 53.7 Å². The standard InChI is InChI=1S/C17H19ClN2O5/c1-23-9-8-20(10-14-19-13(11-25-14)17(22)24-2)16(21)15(18)12-6-4-3-5-7-12/h3-7,11,15H,8-10H2,1-2H3/t15-/m1/s1. The summed E-state index contributed by atoms with van der Waals surface area (Å²) in [5.41, 5.74) is 0.737. The maximum Gasteiger partial charge on any atom is 0.360 e. The van der Waals surface area contributed by atoms with E-state index >= 15 is 0 Å². The Morgan fingerprint density at radius 1 is 1.28 bits per heavy atom. The number of ether oxygens (including phenoxy) is 2. The second-order valence-electron chi connectivity index (χ2n) is 5.14. The molecular weight excluding hydrogens is 348 g/mol. The summed E-state index contributed by atoms with van der Waals surface area (Å²) in [6.07, 6.45) is 1.19. The van der Waals surface area contributed by atoms with Crippen molar-refractivity contribution in [1.29, 1.82) is 0 Å². The van der Waals surface area contributed by atoms with Crippen LogP contribution in [0.3, 0.4) is 0 Å². The van der Waals surface area contributed by atoms with Crippen LogP contribution < -0.4 is 0 Å². The lowest BCUT2D eigenvalue weighted by Crippen LogP contribution is -2.35. The van der Waals surface area contributed by atoms with E-state index in [4.69, 9.17) is 20.8 Å². The molecule has 2 aromatic rings. The molecule has 2 rings (SSSR count). The lowest BCUT2D eigenvalue weighted by atomic mass is 10.1. The molecule has 0 aliphatic heterocycles. The molecule has 0 spiro atoms. The number of oxazole rings is 1. The minimum atomic E-state index is -0.840. The average molecular weight is 367 g/mol. The van der Waals surface area contributed by atoms with Crippen molar-refractivity contribution in [3.8, 4) is 0 Å². The summed E-state index contributed by atoms with van der Waals surface area (Å²) < 4.78 is 14.9. The number of carbonyl (C=O) groups is 2. The van der Waals surface area contributed by atoms with E-state index in [2.05, 4.69) is 9.72 Å². The van der Waals surface area contributed by atoms with Gasteiger partial charge in [0, 0.05) is 13.7 Å². The van der Waals surface area contributed by atoms with Gasteiger partial charge in [-0.2, -0.15) is 0 Å². The topological polar surface area (TPSA) is 81.9 Å². The first-order valence-electron chi connectivity index (χ1n) is 7.56. The van der Waals surface area contributed by atoms with E-state index in [9.17, 15) is 9.59 Å². The van der Waals surface area contributed by atoms with Crippen LogP contribution in [-0.2, 0) is 20.8 Å². The molecule has 0 N–H and O–H groups in total. The molecule has 1 atom stereocenters. The fourth-order valence-corrected chi connectivity index (χ4v) is 2.42. The molecule has 0 fully saturated rings. The molecule has 1 aromatic carbocycles. The van der Waals surface area contributed by atoms with Crippen molar-refractivity contribution in [1.82, 2.24) is 9.88 Å². The summed E-state index contributed by atoms with van der Waals surface area (Å²) >= 11 is 6.32. The molecule has 8 heteroatoms. The number of amides is 1. The van der Waals surface area contributed by atoms with Crippen molar-refractivity contribution < 1.29 is 23.5 Å². The van der Waals surface area contributed by atoms with Gasteiger partial charge in [-0.25, -0.2) is 9.78 Å². The molecule has 134 valence electrons. The van der Waals surface area contributed by atoms with Crippen LogP contribution in [0.1, 0.15) is 27.3 Å². The number of esters is 1. The van der Waals surface area contributed by atoms with E-state index in [0.717, 1.165) is 0 Å². The van der Waals surface area contributed by atoms with Gasteiger partial charge in [0.2, 0.25) is 11.8 Å². The van der Waals surface area contributed by atoms with E-state index in [1.807, 2.05) is 18.2 Å². The normalized spacial score (nSPS) is 11.8. The van der Waals surface area contributed by atoms with Crippen LogP contribution in [0.25, 0.3) is 0 Å². The summed E-state index contributed by atoms with van der Waals surface area (Å²) in [7, 11) is 2.79. The van der Waals surface area contributed by atoms with Crippen LogP contribution in [0, 0.1) is 0 Å². The highest BCUT2D eigenvalue weighted by Gasteiger charge is 2.25. The maximum absolute atomic E-state index is 12.7. The van der Waals surface area contributed by atoms with Gasteiger partial charge >= 0.3 is 5.97 Å². The molecule has 1 aromatic heterocycles. The predicted octanol–water partition coefficient (Wildman–Crippen LogP) is 2.42.